The van der Waals surface area contributed by atoms with Gasteiger partial charge in [-0.25, -0.2) is 18.1 Å². The van der Waals surface area contributed by atoms with Crippen LogP contribution in [0.1, 0.15) is 36.4 Å². The zero-order chi connectivity index (χ0) is 16.8. The van der Waals surface area contributed by atoms with Crippen LogP contribution in [0.15, 0.2) is 5.38 Å². The molecule has 3 aliphatic rings. The third-order valence-electron chi connectivity index (χ3n) is 5.22. The Morgan fingerprint density at radius 3 is 2.79 bits per heavy atom. The summed E-state index contributed by atoms with van der Waals surface area (Å²) in [5.41, 5.74) is 1.09. The molecule has 1 N–H and O–H groups in total. The van der Waals surface area contributed by atoms with Crippen LogP contribution >= 0.6 is 11.3 Å². The molecule has 4 rings (SSSR count). The van der Waals surface area contributed by atoms with Gasteiger partial charge in [-0.2, -0.15) is 0 Å². The second-order valence-electron chi connectivity index (χ2n) is 7.52. The summed E-state index contributed by atoms with van der Waals surface area (Å²) >= 11 is 1.72. The van der Waals surface area contributed by atoms with E-state index in [0.717, 1.165) is 51.0 Å². The molecule has 0 amide bonds. The second-order valence-corrected chi connectivity index (χ2v) is 10.5. The van der Waals surface area contributed by atoms with Crippen molar-refractivity contribution in [3.05, 3.63) is 16.1 Å². The van der Waals surface area contributed by atoms with Gasteiger partial charge in [0.1, 0.15) is 5.01 Å². The lowest BCUT2D eigenvalue weighted by Gasteiger charge is -2.52. The Morgan fingerprint density at radius 2 is 2.21 bits per heavy atom. The van der Waals surface area contributed by atoms with Gasteiger partial charge in [0.25, 0.3) is 0 Å². The van der Waals surface area contributed by atoms with Crippen LogP contribution in [0.3, 0.4) is 0 Å². The highest BCUT2D eigenvalue weighted by Gasteiger charge is 2.46. The van der Waals surface area contributed by atoms with E-state index in [2.05, 4.69) is 20.0 Å². The first-order chi connectivity index (χ1) is 11.4. The zero-order valence-corrected chi connectivity index (χ0v) is 15.7. The first kappa shape index (κ1) is 16.9. The quantitative estimate of drug-likeness (QED) is 0.821. The Bertz CT molecular complexity index is 683. The normalized spacial score (nSPS) is 27.3. The molecule has 1 spiro atoms. The Labute approximate surface area is 147 Å². The van der Waals surface area contributed by atoms with Crippen LogP contribution in [0.25, 0.3) is 0 Å². The van der Waals surface area contributed by atoms with Gasteiger partial charge < -0.3 is 4.74 Å². The summed E-state index contributed by atoms with van der Waals surface area (Å²) in [7, 11) is -3.07. The molecular formula is C16H25N3O3S2. The number of ether oxygens (including phenoxy) is 1. The number of hydrogen-bond acceptors (Lipinski definition) is 6. The fourth-order valence-electron chi connectivity index (χ4n) is 3.61. The van der Waals surface area contributed by atoms with Gasteiger partial charge in [0.2, 0.25) is 10.0 Å². The molecule has 0 radical (unpaired) electrons. The third-order valence-corrected chi connectivity index (χ3v) is 8.09. The molecule has 0 unspecified atom stereocenters. The van der Waals surface area contributed by atoms with Gasteiger partial charge in [0, 0.05) is 30.7 Å². The number of aryl methyl sites for hydroxylation is 1. The van der Waals surface area contributed by atoms with Crippen molar-refractivity contribution in [2.24, 2.45) is 5.92 Å². The van der Waals surface area contributed by atoms with Crippen LogP contribution in [-0.4, -0.2) is 55.4 Å². The number of nitrogens with zero attached hydrogens (tertiary/aromatic N) is 2. The SMILES string of the molecule is Cc1csc(CN2CC3(CC[C@H](CNS(=O)(=O)C4CC4)CO3)C2)n1. The van der Waals surface area contributed by atoms with Crippen LogP contribution in [0.5, 0.6) is 0 Å². The minimum Gasteiger partial charge on any atom is -0.372 e. The van der Waals surface area contributed by atoms with Crippen molar-refractivity contribution in [3.8, 4) is 0 Å². The van der Waals surface area contributed by atoms with Crippen molar-refractivity contribution in [1.82, 2.24) is 14.6 Å². The van der Waals surface area contributed by atoms with Crippen molar-refractivity contribution < 1.29 is 13.2 Å². The van der Waals surface area contributed by atoms with Crippen molar-refractivity contribution >= 4 is 21.4 Å². The molecule has 8 heteroatoms. The van der Waals surface area contributed by atoms with Gasteiger partial charge in [-0.1, -0.05) is 0 Å². The van der Waals surface area contributed by atoms with Crippen molar-refractivity contribution in [2.45, 2.75) is 50.0 Å². The molecule has 0 aromatic carbocycles. The molecule has 3 fully saturated rings. The van der Waals surface area contributed by atoms with Crippen LogP contribution in [0.4, 0.5) is 0 Å². The van der Waals surface area contributed by atoms with Crippen LogP contribution in [0.2, 0.25) is 0 Å². The van der Waals surface area contributed by atoms with Crippen molar-refractivity contribution in [2.75, 3.05) is 26.2 Å². The molecule has 24 heavy (non-hydrogen) atoms. The van der Waals surface area contributed by atoms with E-state index in [-0.39, 0.29) is 10.9 Å². The second kappa shape index (κ2) is 6.32. The molecule has 1 saturated carbocycles. The third kappa shape index (κ3) is 3.67. The number of hydrogen-bond donors (Lipinski definition) is 1. The fourth-order valence-corrected chi connectivity index (χ4v) is 5.88. The van der Waals surface area contributed by atoms with E-state index in [0.29, 0.717) is 19.1 Å². The largest absolute Gasteiger partial charge is 0.372 e. The van der Waals surface area contributed by atoms with E-state index in [1.165, 1.54) is 5.01 Å². The van der Waals surface area contributed by atoms with E-state index < -0.39 is 10.0 Å². The Balaban J connectivity index is 1.20. The molecule has 2 aliphatic heterocycles. The van der Waals surface area contributed by atoms with E-state index in [4.69, 9.17) is 4.74 Å². The smallest absolute Gasteiger partial charge is 0.214 e. The van der Waals surface area contributed by atoms with Gasteiger partial charge in [0.05, 0.1) is 24.0 Å². The van der Waals surface area contributed by atoms with Crippen LogP contribution < -0.4 is 4.72 Å². The minimum absolute atomic E-state index is 0.00181. The highest BCUT2D eigenvalue weighted by molar-refractivity contribution is 7.90. The van der Waals surface area contributed by atoms with Crippen molar-refractivity contribution in [3.63, 3.8) is 0 Å². The van der Waals surface area contributed by atoms with Gasteiger partial charge in [-0.3, -0.25) is 4.90 Å². The predicted octanol–water partition coefficient (Wildman–Crippen LogP) is 1.51. The van der Waals surface area contributed by atoms with E-state index in [9.17, 15) is 8.42 Å². The molecule has 1 aliphatic carbocycles. The predicted molar refractivity (Wildman–Crippen MR) is 93.5 cm³/mol. The van der Waals surface area contributed by atoms with Gasteiger partial charge in [-0.15, -0.1) is 11.3 Å². The standard InChI is InChI=1S/C16H25N3O3S2/c1-12-9-23-15(18-12)7-19-10-16(11-19)5-4-13(8-22-16)6-17-24(20,21)14-2-3-14/h9,13-14,17H,2-8,10-11H2,1H3/t13-/m1/s1. The molecular weight excluding hydrogens is 346 g/mol. The highest BCUT2D eigenvalue weighted by Crippen LogP contribution is 2.37. The number of rotatable bonds is 6. The highest BCUT2D eigenvalue weighted by atomic mass is 32.2. The lowest BCUT2D eigenvalue weighted by atomic mass is 9.83. The number of aromatic nitrogens is 1. The average Bonchev–Trinajstić information content (AvgIpc) is 3.30. The van der Waals surface area contributed by atoms with E-state index in [1.807, 2.05) is 6.92 Å². The van der Waals surface area contributed by atoms with Crippen LogP contribution in [0, 0.1) is 12.8 Å². The maximum atomic E-state index is 11.9. The maximum Gasteiger partial charge on any atom is 0.214 e. The monoisotopic (exact) mass is 371 g/mol. The van der Waals surface area contributed by atoms with Gasteiger partial charge in [0.15, 0.2) is 0 Å². The zero-order valence-electron chi connectivity index (χ0n) is 14.0. The topological polar surface area (TPSA) is 71.5 Å². The summed E-state index contributed by atoms with van der Waals surface area (Å²) in [6.07, 6.45) is 3.69. The molecule has 1 aromatic rings. The van der Waals surface area contributed by atoms with E-state index in [1.54, 1.807) is 11.3 Å². The summed E-state index contributed by atoms with van der Waals surface area (Å²) in [6.45, 7) is 6.06. The molecule has 134 valence electrons. The lowest BCUT2D eigenvalue weighted by Crippen LogP contribution is -2.64. The molecule has 1 atom stereocenters. The first-order valence-corrected chi connectivity index (χ1v) is 11.1. The van der Waals surface area contributed by atoms with Crippen LogP contribution in [-0.2, 0) is 21.3 Å². The summed E-state index contributed by atoms with van der Waals surface area (Å²) in [6, 6.07) is 0. The number of thiazole rings is 1. The maximum absolute atomic E-state index is 11.9. The first-order valence-electron chi connectivity index (χ1n) is 8.70. The minimum atomic E-state index is -3.07. The summed E-state index contributed by atoms with van der Waals surface area (Å²) < 4.78 is 32.7. The Morgan fingerprint density at radius 1 is 1.42 bits per heavy atom. The lowest BCUT2D eigenvalue weighted by molar-refractivity contribution is -0.181. The molecule has 6 nitrogen and oxygen atoms in total. The van der Waals surface area contributed by atoms with E-state index >= 15 is 0 Å². The summed E-state index contributed by atoms with van der Waals surface area (Å²) in [5, 5.41) is 3.13. The van der Waals surface area contributed by atoms with Crippen molar-refractivity contribution in [1.29, 1.82) is 0 Å². The van der Waals surface area contributed by atoms with Gasteiger partial charge in [-0.05, 0) is 38.5 Å². The molecule has 1 aromatic heterocycles. The summed E-state index contributed by atoms with van der Waals surface area (Å²) in [5.74, 6) is 0.305. The molecule has 0 bridgehead atoms. The van der Waals surface area contributed by atoms with Gasteiger partial charge >= 0.3 is 0 Å². The summed E-state index contributed by atoms with van der Waals surface area (Å²) in [4.78, 5) is 6.90. The number of nitrogens with one attached hydrogen (secondary N) is 1. The molecule has 2 saturated heterocycles. The average molecular weight is 372 g/mol. The Kier molecular flexibility index (Phi) is 4.45. The number of sulfonamides is 1. The number of likely N-dealkylation sites (tertiary alicyclic amines) is 1. The Hall–Kier alpha value is -0.540. The molecule has 3 heterocycles. The fraction of sp³-hybridized carbons (Fsp3) is 0.812.